The largest absolute Gasteiger partial charge is 0.367 e. The van der Waals surface area contributed by atoms with Gasteiger partial charge in [-0.2, -0.15) is 11.8 Å². The molecule has 0 amide bonds. The van der Waals surface area contributed by atoms with Gasteiger partial charge in [-0.05, 0) is 57.0 Å². The predicted molar refractivity (Wildman–Crippen MR) is 92.0 cm³/mol. The van der Waals surface area contributed by atoms with E-state index in [9.17, 15) is 4.39 Å². The van der Waals surface area contributed by atoms with Crippen LogP contribution in [0.1, 0.15) is 44.4 Å². The molecule has 0 radical (unpaired) electrons. The van der Waals surface area contributed by atoms with Crippen molar-refractivity contribution in [1.29, 1.82) is 0 Å². The molecule has 2 atom stereocenters. The van der Waals surface area contributed by atoms with Gasteiger partial charge in [-0.15, -0.1) is 0 Å². The third kappa shape index (κ3) is 3.92. The summed E-state index contributed by atoms with van der Waals surface area (Å²) in [5.74, 6) is 2.20. The van der Waals surface area contributed by atoms with E-state index in [2.05, 4.69) is 31.0 Å². The number of aryl methyl sites for hydroxylation is 1. The van der Waals surface area contributed by atoms with Gasteiger partial charge in [-0.1, -0.05) is 6.92 Å². The molecular formula is C17H27FN2S. The van der Waals surface area contributed by atoms with E-state index in [1.165, 1.54) is 5.69 Å². The molecule has 1 aromatic rings. The van der Waals surface area contributed by atoms with Crippen LogP contribution in [-0.2, 0) is 0 Å². The van der Waals surface area contributed by atoms with Gasteiger partial charge < -0.3 is 10.2 Å². The van der Waals surface area contributed by atoms with E-state index in [0.717, 1.165) is 42.1 Å². The Balaban J connectivity index is 2.35. The molecule has 0 bridgehead atoms. The van der Waals surface area contributed by atoms with Crippen LogP contribution in [0, 0.1) is 12.7 Å². The Labute approximate surface area is 132 Å². The summed E-state index contributed by atoms with van der Waals surface area (Å²) in [5, 5.41) is 3.49. The molecule has 1 fully saturated rings. The number of hydrogen-bond donors (Lipinski definition) is 1. The number of nitrogens with zero attached hydrogens (tertiary/aromatic N) is 1. The van der Waals surface area contributed by atoms with Crippen LogP contribution in [0.15, 0.2) is 12.1 Å². The van der Waals surface area contributed by atoms with Gasteiger partial charge in [0, 0.05) is 35.8 Å². The summed E-state index contributed by atoms with van der Waals surface area (Å²) in [6.07, 6.45) is 1.09. The second-order valence-corrected chi connectivity index (χ2v) is 7.10. The quantitative estimate of drug-likeness (QED) is 0.880. The minimum absolute atomic E-state index is 0.0991. The molecule has 2 unspecified atom stereocenters. The molecule has 0 aromatic heterocycles. The van der Waals surface area contributed by atoms with E-state index in [4.69, 9.17) is 0 Å². The lowest BCUT2D eigenvalue weighted by Gasteiger charge is -2.37. The smallest absolute Gasteiger partial charge is 0.126 e. The maximum atomic E-state index is 14.1. The Hall–Kier alpha value is -0.740. The maximum Gasteiger partial charge on any atom is 0.126 e. The summed E-state index contributed by atoms with van der Waals surface area (Å²) in [6, 6.07) is 4.44. The van der Waals surface area contributed by atoms with E-state index in [1.54, 1.807) is 6.07 Å². The van der Waals surface area contributed by atoms with Crippen LogP contribution in [0.4, 0.5) is 10.1 Å². The first-order chi connectivity index (χ1) is 10.0. The van der Waals surface area contributed by atoms with E-state index < -0.39 is 0 Å². The van der Waals surface area contributed by atoms with Gasteiger partial charge in [0.15, 0.2) is 0 Å². The highest BCUT2D eigenvalue weighted by Crippen LogP contribution is 2.33. The highest BCUT2D eigenvalue weighted by molar-refractivity contribution is 7.99. The number of nitrogens with one attached hydrogen (secondary N) is 1. The standard InChI is InChI=1S/C17H27FN2S/c1-5-6-19-14(4)15-10-16(18)12(2)9-17(15)20-7-8-21-11-13(20)3/h9-10,13-14,19H,5-8,11H2,1-4H3. The van der Waals surface area contributed by atoms with Crippen molar-refractivity contribution in [2.75, 3.05) is 29.5 Å². The van der Waals surface area contributed by atoms with Crippen molar-refractivity contribution < 1.29 is 4.39 Å². The first-order valence-corrected chi connectivity index (χ1v) is 9.07. The molecule has 1 aliphatic heterocycles. The summed E-state index contributed by atoms with van der Waals surface area (Å²) in [4.78, 5) is 2.45. The summed E-state index contributed by atoms with van der Waals surface area (Å²) in [5.41, 5.74) is 3.03. The van der Waals surface area contributed by atoms with E-state index in [-0.39, 0.29) is 11.9 Å². The number of anilines is 1. The van der Waals surface area contributed by atoms with Gasteiger partial charge in [-0.3, -0.25) is 0 Å². The zero-order valence-corrected chi connectivity index (χ0v) is 14.4. The van der Waals surface area contributed by atoms with Gasteiger partial charge in [0.25, 0.3) is 0 Å². The van der Waals surface area contributed by atoms with Crippen LogP contribution in [0.2, 0.25) is 0 Å². The molecule has 1 aromatic carbocycles. The fourth-order valence-corrected chi connectivity index (χ4v) is 3.85. The molecule has 0 aliphatic carbocycles. The normalized spacial score (nSPS) is 20.6. The van der Waals surface area contributed by atoms with Gasteiger partial charge in [0.05, 0.1) is 0 Å². The molecule has 0 spiro atoms. The second kappa shape index (κ2) is 7.50. The van der Waals surface area contributed by atoms with Gasteiger partial charge in [0.2, 0.25) is 0 Å². The van der Waals surface area contributed by atoms with Crippen LogP contribution in [-0.4, -0.2) is 30.6 Å². The van der Waals surface area contributed by atoms with Crippen molar-refractivity contribution in [3.05, 3.63) is 29.1 Å². The predicted octanol–water partition coefficient (Wildman–Crippen LogP) is 4.14. The summed E-state index contributed by atoms with van der Waals surface area (Å²) in [6.45, 7) is 10.4. The van der Waals surface area contributed by atoms with Crippen molar-refractivity contribution in [2.45, 2.75) is 46.2 Å². The Bertz CT molecular complexity index is 478. The monoisotopic (exact) mass is 310 g/mol. The Kier molecular flexibility index (Phi) is 5.94. The molecule has 1 saturated heterocycles. The zero-order chi connectivity index (χ0) is 15.4. The van der Waals surface area contributed by atoms with Crippen molar-refractivity contribution in [3.63, 3.8) is 0 Å². The Morgan fingerprint density at radius 1 is 1.48 bits per heavy atom. The van der Waals surface area contributed by atoms with Gasteiger partial charge >= 0.3 is 0 Å². The highest BCUT2D eigenvalue weighted by atomic mass is 32.2. The highest BCUT2D eigenvalue weighted by Gasteiger charge is 2.24. The van der Waals surface area contributed by atoms with Gasteiger partial charge in [0.1, 0.15) is 5.82 Å². The van der Waals surface area contributed by atoms with Crippen molar-refractivity contribution in [3.8, 4) is 0 Å². The average Bonchev–Trinajstić information content (AvgIpc) is 2.48. The number of rotatable bonds is 5. The minimum atomic E-state index is -0.0991. The molecule has 1 aliphatic rings. The molecular weight excluding hydrogens is 283 g/mol. The first kappa shape index (κ1) is 16.6. The molecule has 2 rings (SSSR count). The van der Waals surface area contributed by atoms with E-state index in [1.807, 2.05) is 24.8 Å². The maximum absolute atomic E-state index is 14.1. The third-order valence-corrected chi connectivity index (χ3v) is 5.34. The minimum Gasteiger partial charge on any atom is -0.367 e. The van der Waals surface area contributed by atoms with Crippen LogP contribution in [0.25, 0.3) is 0 Å². The first-order valence-electron chi connectivity index (χ1n) is 7.92. The van der Waals surface area contributed by atoms with Crippen LogP contribution in [0.5, 0.6) is 0 Å². The molecule has 1 heterocycles. The molecule has 0 saturated carbocycles. The number of hydrogen-bond acceptors (Lipinski definition) is 3. The van der Waals surface area contributed by atoms with Gasteiger partial charge in [-0.25, -0.2) is 4.39 Å². The van der Waals surface area contributed by atoms with E-state index in [0.29, 0.717) is 6.04 Å². The van der Waals surface area contributed by atoms with Crippen molar-refractivity contribution in [2.24, 2.45) is 0 Å². The fourth-order valence-electron chi connectivity index (χ4n) is 2.83. The summed E-state index contributed by atoms with van der Waals surface area (Å²) in [7, 11) is 0. The zero-order valence-electron chi connectivity index (χ0n) is 13.6. The summed E-state index contributed by atoms with van der Waals surface area (Å²) < 4.78 is 14.1. The topological polar surface area (TPSA) is 15.3 Å². The molecule has 1 N–H and O–H groups in total. The van der Waals surface area contributed by atoms with Crippen LogP contribution < -0.4 is 10.2 Å². The third-order valence-electron chi connectivity index (χ3n) is 4.15. The second-order valence-electron chi connectivity index (χ2n) is 5.95. The number of thioether (sulfide) groups is 1. The van der Waals surface area contributed by atoms with Crippen LogP contribution in [0.3, 0.4) is 0 Å². The van der Waals surface area contributed by atoms with Crippen molar-refractivity contribution in [1.82, 2.24) is 5.32 Å². The molecule has 21 heavy (non-hydrogen) atoms. The van der Waals surface area contributed by atoms with Crippen molar-refractivity contribution >= 4 is 17.4 Å². The number of halogens is 1. The molecule has 4 heteroatoms. The van der Waals surface area contributed by atoms with Crippen LogP contribution >= 0.6 is 11.8 Å². The summed E-state index contributed by atoms with van der Waals surface area (Å²) >= 11 is 2.01. The molecule has 2 nitrogen and oxygen atoms in total. The lowest BCUT2D eigenvalue weighted by Crippen LogP contribution is -2.41. The SMILES string of the molecule is CCCNC(C)c1cc(F)c(C)cc1N1CCSCC1C. The average molecular weight is 310 g/mol. The lowest BCUT2D eigenvalue weighted by atomic mass is 10.0. The van der Waals surface area contributed by atoms with E-state index >= 15 is 0 Å². The Morgan fingerprint density at radius 2 is 2.24 bits per heavy atom. The number of benzene rings is 1. The Morgan fingerprint density at radius 3 is 2.90 bits per heavy atom. The fraction of sp³-hybridized carbons (Fsp3) is 0.647. The lowest BCUT2D eigenvalue weighted by molar-refractivity contribution is 0.556. The molecule has 118 valence electrons.